The third kappa shape index (κ3) is 3.43. The van der Waals surface area contributed by atoms with Gasteiger partial charge in [-0.3, -0.25) is 9.59 Å². The van der Waals surface area contributed by atoms with Crippen molar-refractivity contribution in [3.8, 4) is 0 Å². The van der Waals surface area contributed by atoms with E-state index in [0.717, 1.165) is 6.42 Å². The van der Waals surface area contributed by atoms with Gasteiger partial charge in [0, 0.05) is 6.20 Å². The lowest BCUT2D eigenvalue weighted by Crippen LogP contribution is -2.22. The highest BCUT2D eigenvalue weighted by Gasteiger charge is 2.40. The fourth-order valence-electron chi connectivity index (χ4n) is 1.52. The minimum Gasteiger partial charge on any atom is -0.455 e. The summed E-state index contributed by atoms with van der Waals surface area (Å²) < 4.78 is 4.89. The van der Waals surface area contributed by atoms with Crippen molar-refractivity contribution in [1.29, 1.82) is 0 Å². The largest absolute Gasteiger partial charge is 0.455 e. The summed E-state index contributed by atoms with van der Waals surface area (Å²) in [6.45, 7) is 1.69. The van der Waals surface area contributed by atoms with Gasteiger partial charge in [0.2, 0.25) is 0 Å². The first-order chi connectivity index (χ1) is 8.56. The minimum absolute atomic E-state index is 0.0357. The summed E-state index contributed by atoms with van der Waals surface area (Å²) in [4.78, 5) is 26.7. The molecule has 0 radical (unpaired) electrons. The Morgan fingerprint density at radius 3 is 2.83 bits per heavy atom. The first-order valence-electron chi connectivity index (χ1n) is 5.64. The summed E-state index contributed by atoms with van der Waals surface area (Å²) in [6.07, 6.45) is 2.27. The van der Waals surface area contributed by atoms with Crippen LogP contribution in [-0.4, -0.2) is 23.5 Å². The molecule has 0 saturated heterocycles. The van der Waals surface area contributed by atoms with Crippen molar-refractivity contribution >= 4 is 29.3 Å². The molecule has 1 aromatic heterocycles. The van der Waals surface area contributed by atoms with Crippen LogP contribution in [0.3, 0.4) is 0 Å². The minimum atomic E-state index is -0.411. The maximum atomic E-state index is 11.5. The number of nitrogens with zero attached hydrogens (tertiary/aromatic N) is 1. The highest BCUT2D eigenvalue weighted by Crippen LogP contribution is 2.38. The van der Waals surface area contributed by atoms with Gasteiger partial charge in [0.05, 0.1) is 10.9 Å². The fraction of sp³-hybridized carbons (Fsp3) is 0.417. The van der Waals surface area contributed by atoms with E-state index < -0.39 is 5.91 Å². The number of halogens is 1. The van der Waals surface area contributed by atoms with E-state index in [4.69, 9.17) is 16.3 Å². The van der Waals surface area contributed by atoms with Crippen molar-refractivity contribution in [1.82, 2.24) is 4.98 Å². The lowest BCUT2D eigenvalue weighted by molar-refractivity contribution is -0.148. The molecule has 2 rings (SSSR count). The fourth-order valence-corrected chi connectivity index (χ4v) is 1.63. The van der Waals surface area contributed by atoms with Crippen LogP contribution in [0, 0.1) is 11.8 Å². The molecule has 1 fully saturated rings. The van der Waals surface area contributed by atoms with E-state index in [2.05, 4.69) is 10.3 Å². The Morgan fingerprint density at radius 2 is 2.28 bits per heavy atom. The number of rotatable bonds is 4. The Morgan fingerprint density at radius 1 is 1.56 bits per heavy atom. The van der Waals surface area contributed by atoms with Crippen LogP contribution < -0.4 is 5.32 Å². The monoisotopic (exact) mass is 268 g/mol. The van der Waals surface area contributed by atoms with E-state index in [0.29, 0.717) is 16.8 Å². The predicted octanol–water partition coefficient (Wildman–Crippen LogP) is 1.87. The van der Waals surface area contributed by atoms with E-state index in [1.54, 1.807) is 12.1 Å². The molecule has 18 heavy (non-hydrogen) atoms. The quantitative estimate of drug-likeness (QED) is 0.847. The number of aromatic nitrogens is 1. The molecule has 2 unspecified atom stereocenters. The second-order valence-electron chi connectivity index (χ2n) is 4.34. The first kappa shape index (κ1) is 12.8. The van der Waals surface area contributed by atoms with Gasteiger partial charge in [-0.2, -0.15) is 0 Å². The number of hydrogen-bond acceptors (Lipinski definition) is 4. The average molecular weight is 269 g/mol. The van der Waals surface area contributed by atoms with Gasteiger partial charge in [0.15, 0.2) is 6.61 Å². The maximum absolute atomic E-state index is 11.5. The van der Waals surface area contributed by atoms with Crippen LogP contribution in [0.2, 0.25) is 5.02 Å². The number of hydrogen-bond donors (Lipinski definition) is 1. The van der Waals surface area contributed by atoms with Crippen LogP contribution in [0.4, 0.5) is 5.82 Å². The van der Waals surface area contributed by atoms with Crippen molar-refractivity contribution in [2.24, 2.45) is 11.8 Å². The van der Waals surface area contributed by atoms with E-state index >= 15 is 0 Å². The number of carbonyl (C=O) groups is 2. The molecule has 96 valence electrons. The summed E-state index contributed by atoms with van der Waals surface area (Å²) in [6, 6.07) is 3.19. The summed E-state index contributed by atoms with van der Waals surface area (Å²) in [5, 5.41) is 3.00. The van der Waals surface area contributed by atoms with Crippen LogP contribution in [-0.2, 0) is 14.3 Å². The second-order valence-corrected chi connectivity index (χ2v) is 4.77. The first-order valence-corrected chi connectivity index (χ1v) is 6.02. The van der Waals surface area contributed by atoms with Gasteiger partial charge < -0.3 is 10.1 Å². The summed E-state index contributed by atoms with van der Waals surface area (Å²) in [5.74, 6) is -0.00150. The van der Waals surface area contributed by atoms with Gasteiger partial charge in [-0.1, -0.05) is 18.5 Å². The van der Waals surface area contributed by atoms with Crippen LogP contribution in [0.15, 0.2) is 18.3 Å². The molecule has 6 heteroatoms. The molecule has 1 heterocycles. The van der Waals surface area contributed by atoms with Crippen molar-refractivity contribution < 1.29 is 14.3 Å². The number of nitrogens with one attached hydrogen (secondary N) is 1. The number of carbonyl (C=O) groups excluding carboxylic acids is 2. The Kier molecular flexibility index (Phi) is 3.81. The van der Waals surface area contributed by atoms with Crippen LogP contribution in [0.5, 0.6) is 0 Å². The zero-order valence-corrected chi connectivity index (χ0v) is 10.6. The van der Waals surface area contributed by atoms with Gasteiger partial charge in [-0.25, -0.2) is 4.98 Å². The highest BCUT2D eigenvalue weighted by atomic mass is 35.5. The van der Waals surface area contributed by atoms with Crippen LogP contribution in [0.1, 0.15) is 13.3 Å². The molecule has 0 bridgehead atoms. The molecule has 0 aromatic carbocycles. The van der Waals surface area contributed by atoms with Crippen molar-refractivity contribution in [3.63, 3.8) is 0 Å². The molecule has 0 spiro atoms. The third-order valence-electron chi connectivity index (χ3n) is 2.75. The van der Waals surface area contributed by atoms with E-state index in [9.17, 15) is 9.59 Å². The molecule has 2 atom stereocenters. The van der Waals surface area contributed by atoms with Crippen molar-refractivity contribution in [3.05, 3.63) is 23.4 Å². The third-order valence-corrected chi connectivity index (χ3v) is 2.98. The smallest absolute Gasteiger partial charge is 0.309 e. The Hall–Kier alpha value is -1.62. The van der Waals surface area contributed by atoms with Crippen molar-refractivity contribution in [2.45, 2.75) is 13.3 Å². The number of anilines is 1. The Labute approximate surface area is 109 Å². The lowest BCUT2D eigenvalue weighted by Gasteiger charge is -2.05. The zero-order chi connectivity index (χ0) is 13.1. The van der Waals surface area contributed by atoms with Crippen LogP contribution >= 0.6 is 11.6 Å². The van der Waals surface area contributed by atoms with Gasteiger partial charge in [0.25, 0.3) is 5.91 Å². The number of esters is 1. The summed E-state index contributed by atoms with van der Waals surface area (Å²) in [7, 11) is 0. The van der Waals surface area contributed by atoms with E-state index in [1.165, 1.54) is 6.20 Å². The van der Waals surface area contributed by atoms with Gasteiger partial charge in [-0.05, 0) is 24.5 Å². The lowest BCUT2D eigenvalue weighted by atomic mass is 10.3. The molecular formula is C12H13ClN2O3. The topological polar surface area (TPSA) is 68.3 Å². The van der Waals surface area contributed by atoms with Gasteiger partial charge in [0.1, 0.15) is 5.82 Å². The molecule has 5 nitrogen and oxygen atoms in total. The molecule has 1 N–H and O–H groups in total. The normalized spacial score (nSPS) is 21.2. The molecule has 1 saturated carbocycles. The average Bonchev–Trinajstić information content (AvgIpc) is 3.06. The summed E-state index contributed by atoms with van der Waals surface area (Å²) in [5.41, 5.74) is 0. The predicted molar refractivity (Wildman–Crippen MR) is 66.1 cm³/mol. The second kappa shape index (κ2) is 5.35. The SMILES string of the molecule is CC1CC1C(=O)OCC(=O)Nc1ccc(Cl)cn1. The molecule has 1 amide bonds. The molecule has 1 aliphatic rings. The number of ether oxygens (including phenoxy) is 1. The highest BCUT2D eigenvalue weighted by molar-refractivity contribution is 6.30. The molecule has 1 aliphatic carbocycles. The van der Waals surface area contributed by atoms with E-state index in [1.807, 2.05) is 6.92 Å². The molecule has 0 aliphatic heterocycles. The molecular weight excluding hydrogens is 256 g/mol. The van der Waals surface area contributed by atoms with E-state index in [-0.39, 0.29) is 18.5 Å². The molecule has 1 aromatic rings. The summed E-state index contributed by atoms with van der Waals surface area (Å²) >= 11 is 5.66. The standard InChI is InChI=1S/C12H13ClN2O3/c1-7-4-9(7)12(17)18-6-11(16)15-10-3-2-8(13)5-14-10/h2-3,5,7,9H,4,6H2,1H3,(H,14,15,16). The maximum Gasteiger partial charge on any atom is 0.309 e. The number of pyridine rings is 1. The number of amides is 1. The zero-order valence-electron chi connectivity index (χ0n) is 9.85. The van der Waals surface area contributed by atoms with Crippen LogP contribution in [0.25, 0.3) is 0 Å². The Balaban J connectivity index is 1.75. The van der Waals surface area contributed by atoms with Gasteiger partial charge in [-0.15, -0.1) is 0 Å². The van der Waals surface area contributed by atoms with Crippen molar-refractivity contribution in [2.75, 3.05) is 11.9 Å². The Bertz CT molecular complexity index is 461. The van der Waals surface area contributed by atoms with Gasteiger partial charge >= 0.3 is 5.97 Å².